The minimum absolute atomic E-state index is 0.166. The van der Waals surface area contributed by atoms with Gasteiger partial charge in [0.05, 0.1) is 20.8 Å². The van der Waals surface area contributed by atoms with Crippen molar-refractivity contribution in [2.75, 3.05) is 14.2 Å². The Morgan fingerprint density at radius 1 is 1.03 bits per heavy atom. The van der Waals surface area contributed by atoms with Crippen LogP contribution in [0.4, 0.5) is 4.39 Å². The third kappa shape index (κ3) is 5.45. The number of amides is 1. The fourth-order valence-corrected chi connectivity index (χ4v) is 3.62. The van der Waals surface area contributed by atoms with Gasteiger partial charge in [0.1, 0.15) is 5.75 Å². The van der Waals surface area contributed by atoms with Crippen molar-refractivity contribution in [1.82, 2.24) is 4.90 Å². The van der Waals surface area contributed by atoms with Crippen molar-refractivity contribution in [2.45, 2.75) is 13.1 Å². The Morgan fingerprint density at radius 2 is 1.83 bits per heavy atom. The number of hydrogen-bond acceptors (Lipinski definition) is 4. The molecule has 0 bridgehead atoms. The van der Waals surface area contributed by atoms with Gasteiger partial charge in [-0.15, -0.1) is 11.3 Å². The number of ether oxygens (including phenoxy) is 2. The molecule has 1 aromatic heterocycles. The second kappa shape index (κ2) is 9.89. The molecular formula is C23H22FNO3S. The number of thiophene rings is 1. The maximum absolute atomic E-state index is 13.9. The number of carbonyl (C=O) groups is 1. The molecule has 0 aliphatic heterocycles. The minimum Gasteiger partial charge on any atom is -0.496 e. The molecule has 3 aromatic rings. The average molecular weight is 411 g/mol. The van der Waals surface area contributed by atoms with E-state index in [1.165, 1.54) is 25.3 Å². The molecule has 6 heteroatoms. The third-order valence-corrected chi connectivity index (χ3v) is 5.25. The molecule has 4 nitrogen and oxygen atoms in total. The monoisotopic (exact) mass is 411 g/mol. The maximum Gasteiger partial charge on any atom is 0.247 e. The molecule has 0 unspecified atom stereocenters. The highest BCUT2D eigenvalue weighted by atomic mass is 32.1. The van der Waals surface area contributed by atoms with E-state index in [1.807, 2.05) is 41.8 Å². The molecule has 0 aliphatic rings. The van der Waals surface area contributed by atoms with Gasteiger partial charge >= 0.3 is 0 Å². The van der Waals surface area contributed by atoms with Crippen LogP contribution < -0.4 is 9.47 Å². The highest BCUT2D eigenvalue weighted by Crippen LogP contribution is 2.22. The smallest absolute Gasteiger partial charge is 0.247 e. The van der Waals surface area contributed by atoms with E-state index in [-0.39, 0.29) is 11.7 Å². The predicted molar refractivity (Wildman–Crippen MR) is 114 cm³/mol. The van der Waals surface area contributed by atoms with Crippen LogP contribution in [0.2, 0.25) is 0 Å². The minimum atomic E-state index is -0.466. The van der Waals surface area contributed by atoms with Crippen molar-refractivity contribution in [3.8, 4) is 11.5 Å². The molecule has 0 N–H and O–H groups in total. The molecule has 0 saturated carbocycles. The number of para-hydroxylation sites is 1. The largest absolute Gasteiger partial charge is 0.496 e. The summed E-state index contributed by atoms with van der Waals surface area (Å²) in [5.41, 5.74) is 1.51. The van der Waals surface area contributed by atoms with Crippen LogP contribution in [0.15, 0.2) is 66.1 Å². The first-order valence-electron chi connectivity index (χ1n) is 9.05. The van der Waals surface area contributed by atoms with Gasteiger partial charge in [-0.25, -0.2) is 4.39 Å². The Morgan fingerprint density at radius 3 is 2.52 bits per heavy atom. The van der Waals surface area contributed by atoms with E-state index in [0.29, 0.717) is 18.7 Å². The Balaban J connectivity index is 1.81. The summed E-state index contributed by atoms with van der Waals surface area (Å²) in [4.78, 5) is 15.8. The van der Waals surface area contributed by atoms with Crippen LogP contribution in [0.25, 0.3) is 6.08 Å². The van der Waals surface area contributed by atoms with E-state index in [9.17, 15) is 9.18 Å². The number of rotatable bonds is 8. The molecule has 0 saturated heterocycles. The number of halogens is 1. The van der Waals surface area contributed by atoms with Gasteiger partial charge in [0.2, 0.25) is 5.91 Å². The van der Waals surface area contributed by atoms with E-state index in [2.05, 4.69) is 0 Å². The summed E-state index contributed by atoms with van der Waals surface area (Å²) in [5, 5.41) is 1.98. The highest BCUT2D eigenvalue weighted by molar-refractivity contribution is 7.09. The highest BCUT2D eigenvalue weighted by Gasteiger charge is 2.15. The lowest BCUT2D eigenvalue weighted by molar-refractivity contribution is -0.127. The lowest BCUT2D eigenvalue weighted by Crippen LogP contribution is -2.28. The van der Waals surface area contributed by atoms with Gasteiger partial charge in [-0.3, -0.25) is 4.79 Å². The van der Waals surface area contributed by atoms with Crippen LogP contribution in [0.3, 0.4) is 0 Å². The SMILES string of the molecule is COc1ccc(/C=C/C(=O)N(Cc2cccs2)Cc2ccccc2OC)cc1F. The van der Waals surface area contributed by atoms with Gasteiger partial charge in [-0.05, 0) is 41.3 Å². The molecule has 0 atom stereocenters. The first-order chi connectivity index (χ1) is 14.1. The van der Waals surface area contributed by atoms with Gasteiger partial charge in [-0.2, -0.15) is 0 Å². The summed E-state index contributed by atoms with van der Waals surface area (Å²) in [6.07, 6.45) is 3.07. The molecule has 0 spiro atoms. The first kappa shape index (κ1) is 20.6. The van der Waals surface area contributed by atoms with Gasteiger partial charge in [0.25, 0.3) is 0 Å². The van der Waals surface area contributed by atoms with E-state index in [0.717, 1.165) is 16.2 Å². The summed E-state index contributed by atoms with van der Waals surface area (Å²) in [6.45, 7) is 0.887. The average Bonchev–Trinajstić information content (AvgIpc) is 3.25. The number of carbonyl (C=O) groups excluding carboxylic acids is 1. The molecule has 0 radical (unpaired) electrons. The molecule has 29 heavy (non-hydrogen) atoms. The Kier molecular flexibility index (Phi) is 7.03. The Labute approximate surface area is 173 Å². The number of benzene rings is 2. The van der Waals surface area contributed by atoms with Crippen LogP contribution in [0, 0.1) is 5.82 Å². The van der Waals surface area contributed by atoms with Crippen LogP contribution in [0.1, 0.15) is 16.0 Å². The normalized spacial score (nSPS) is 10.9. The Hall–Kier alpha value is -3.12. The van der Waals surface area contributed by atoms with Crippen molar-refractivity contribution < 1.29 is 18.7 Å². The van der Waals surface area contributed by atoms with Gasteiger partial charge in [0.15, 0.2) is 11.6 Å². The Bertz CT molecular complexity index is 986. The van der Waals surface area contributed by atoms with Crippen LogP contribution in [0.5, 0.6) is 11.5 Å². The molecule has 2 aromatic carbocycles. The van der Waals surface area contributed by atoms with Gasteiger partial charge in [0, 0.05) is 23.1 Å². The zero-order valence-electron chi connectivity index (χ0n) is 16.3. The fraction of sp³-hybridized carbons (Fsp3) is 0.174. The molecule has 150 valence electrons. The van der Waals surface area contributed by atoms with E-state index in [4.69, 9.17) is 9.47 Å². The second-order valence-corrected chi connectivity index (χ2v) is 7.35. The van der Waals surface area contributed by atoms with E-state index >= 15 is 0 Å². The van der Waals surface area contributed by atoms with Crippen molar-refractivity contribution in [3.05, 3.63) is 87.9 Å². The van der Waals surface area contributed by atoms with Crippen molar-refractivity contribution in [1.29, 1.82) is 0 Å². The van der Waals surface area contributed by atoms with Gasteiger partial charge < -0.3 is 14.4 Å². The summed E-state index contributed by atoms with van der Waals surface area (Å²) >= 11 is 1.60. The fourth-order valence-electron chi connectivity index (χ4n) is 2.90. The van der Waals surface area contributed by atoms with Crippen LogP contribution in [-0.2, 0) is 17.9 Å². The van der Waals surface area contributed by atoms with Crippen molar-refractivity contribution >= 4 is 23.3 Å². The molecule has 1 heterocycles. The summed E-state index contributed by atoms with van der Waals surface area (Å²) < 4.78 is 24.2. The zero-order chi connectivity index (χ0) is 20.6. The lowest BCUT2D eigenvalue weighted by Gasteiger charge is -2.22. The van der Waals surface area contributed by atoms with E-state index < -0.39 is 5.82 Å². The quantitative estimate of drug-likeness (QED) is 0.482. The molecule has 0 aliphatic carbocycles. The van der Waals surface area contributed by atoms with Crippen LogP contribution >= 0.6 is 11.3 Å². The standard InChI is InChI=1S/C23H22FNO3S/c1-27-21-8-4-3-6-18(21)15-25(16-19-7-5-13-29-19)23(26)12-10-17-9-11-22(28-2)20(24)14-17/h3-14H,15-16H2,1-2H3/b12-10+. The van der Waals surface area contributed by atoms with Crippen molar-refractivity contribution in [2.24, 2.45) is 0 Å². The van der Waals surface area contributed by atoms with E-state index in [1.54, 1.807) is 35.5 Å². The van der Waals surface area contributed by atoms with Gasteiger partial charge in [-0.1, -0.05) is 30.3 Å². The first-order valence-corrected chi connectivity index (χ1v) is 9.93. The van der Waals surface area contributed by atoms with Crippen molar-refractivity contribution in [3.63, 3.8) is 0 Å². The molecule has 1 amide bonds. The third-order valence-electron chi connectivity index (χ3n) is 4.39. The molecule has 0 fully saturated rings. The summed E-state index contributed by atoms with van der Waals surface area (Å²) in [5.74, 6) is 0.272. The predicted octanol–water partition coefficient (Wildman–Crippen LogP) is 5.15. The zero-order valence-corrected chi connectivity index (χ0v) is 17.1. The number of hydrogen-bond donors (Lipinski definition) is 0. The number of methoxy groups -OCH3 is 2. The lowest BCUT2D eigenvalue weighted by atomic mass is 10.1. The number of nitrogens with zero attached hydrogens (tertiary/aromatic N) is 1. The molecule has 3 rings (SSSR count). The second-order valence-electron chi connectivity index (χ2n) is 6.31. The summed E-state index contributed by atoms with van der Waals surface area (Å²) in [6, 6.07) is 16.2. The van der Waals surface area contributed by atoms with Crippen LogP contribution in [-0.4, -0.2) is 25.0 Å². The topological polar surface area (TPSA) is 38.8 Å². The molecular weight excluding hydrogens is 389 g/mol. The summed E-state index contributed by atoms with van der Waals surface area (Å²) in [7, 11) is 3.03. The maximum atomic E-state index is 13.9.